The molecule has 0 saturated heterocycles. The minimum absolute atomic E-state index is 0.534. The van der Waals surface area contributed by atoms with E-state index in [1.807, 2.05) is 37.3 Å². The number of benzene rings is 2. The number of pyridine rings is 2. The summed E-state index contributed by atoms with van der Waals surface area (Å²) in [6, 6.07) is 26.9. The maximum absolute atomic E-state index is 8.56. The van der Waals surface area contributed by atoms with Crippen LogP contribution in [0.3, 0.4) is 0 Å². The van der Waals surface area contributed by atoms with Crippen LogP contribution in [0.1, 0.15) is 30.0 Å². The van der Waals surface area contributed by atoms with Crippen LogP contribution < -0.4 is 10.1 Å². The average Bonchev–Trinajstić information content (AvgIpc) is 3.77. The van der Waals surface area contributed by atoms with E-state index in [2.05, 4.69) is 64.0 Å². The number of ether oxygens (including phenoxy) is 1. The van der Waals surface area contributed by atoms with Crippen LogP contribution in [0.5, 0.6) is 5.88 Å². The fraction of sp³-hybridized carbons (Fsp3) is 0.161. The zero-order valence-electron chi connectivity index (χ0n) is 22.0. The van der Waals surface area contributed by atoms with Gasteiger partial charge in [-0.1, -0.05) is 59.8 Å². The molecular formula is C31H28N4O5. The molecule has 1 saturated carbocycles. The molecule has 40 heavy (non-hydrogen) atoms. The predicted octanol–water partition coefficient (Wildman–Crippen LogP) is 7.63. The lowest BCUT2D eigenvalue weighted by Gasteiger charge is -2.10. The number of carboxylic acid groups (broad SMARTS) is 2. The molecular weight excluding hydrogens is 508 g/mol. The summed E-state index contributed by atoms with van der Waals surface area (Å²) >= 11 is 0. The van der Waals surface area contributed by atoms with Gasteiger partial charge in [0.1, 0.15) is 17.2 Å². The Kier molecular flexibility index (Phi) is 7.72. The van der Waals surface area contributed by atoms with Crippen LogP contribution in [0.15, 0.2) is 89.6 Å². The maximum atomic E-state index is 8.56. The maximum Gasteiger partial charge on any atom is 0.503 e. The van der Waals surface area contributed by atoms with E-state index in [1.54, 1.807) is 13.3 Å². The number of nitrogens with zero attached hydrogens (tertiary/aromatic N) is 3. The fourth-order valence-electron chi connectivity index (χ4n) is 4.42. The van der Waals surface area contributed by atoms with E-state index in [0.29, 0.717) is 17.5 Å². The van der Waals surface area contributed by atoms with Crippen molar-refractivity contribution in [2.45, 2.75) is 25.7 Å². The van der Waals surface area contributed by atoms with Crippen LogP contribution in [0.2, 0.25) is 0 Å². The molecule has 202 valence electrons. The SMILES string of the molecule is COc1ncccc1-c1cccc(Nc2c(C)noc2-c2ccc(-c3ccc(C4CC4)cc3)cc2)n1.O=C(O)O. The summed E-state index contributed by atoms with van der Waals surface area (Å²) in [4.78, 5) is 17.6. The Morgan fingerprint density at radius 2 is 1.57 bits per heavy atom. The topological polar surface area (TPSA) is 131 Å². The van der Waals surface area contributed by atoms with Gasteiger partial charge in [0.05, 0.1) is 18.4 Å². The van der Waals surface area contributed by atoms with Crippen molar-refractivity contribution in [3.05, 3.63) is 96.3 Å². The summed E-state index contributed by atoms with van der Waals surface area (Å²) in [6.07, 6.45) is 2.50. The number of aromatic nitrogens is 3. The van der Waals surface area contributed by atoms with Gasteiger partial charge in [-0.2, -0.15) is 0 Å². The third-order valence-corrected chi connectivity index (χ3v) is 6.55. The van der Waals surface area contributed by atoms with Crippen LogP contribution >= 0.6 is 0 Å². The first-order chi connectivity index (χ1) is 19.4. The molecule has 1 aliphatic carbocycles. The smallest absolute Gasteiger partial charge is 0.481 e. The highest BCUT2D eigenvalue weighted by atomic mass is 16.6. The number of rotatable bonds is 7. The lowest BCUT2D eigenvalue weighted by atomic mass is 10.0. The number of aryl methyl sites for hydroxylation is 1. The minimum Gasteiger partial charge on any atom is -0.481 e. The predicted molar refractivity (Wildman–Crippen MR) is 152 cm³/mol. The molecule has 9 nitrogen and oxygen atoms in total. The standard InChI is InChI=1S/C30H26N4O2.CH2O3/c1-19-28(33-27-7-3-6-26(32-27)25-5-4-18-31-30(25)35-2)29(36-34-19)24-16-14-23(15-17-24)22-12-10-21(11-13-22)20-8-9-20;2-1(3)4/h3-7,10-18,20H,8-9H2,1-2H3,(H,32,33);(H2,2,3,4). The summed E-state index contributed by atoms with van der Waals surface area (Å²) in [6.45, 7) is 1.92. The van der Waals surface area contributed by atoms with Crippen LogP contribution in [0, 0.1) is 6.92 Å². The molecule has 0 spiro atoms. The van der Waals surface area contributed by atoms with Gasteiger partial charge in [0.15, 0.2) is 5.76 Å². The van der Waals surface area contributed by atoms with Crippen molar-refractivity contribution in [3.8, 4) is 39.6 Å². The number of anilines is 2. The van der Waals surface area contributed by atoms with Crippen LogP contribution in [0.4, 0.5) is 16.3 Å². The largest absolute Gasteiger partial charge is 0.503 e. The Morgan fingerprint density at radius 1 is 0.925 bits per heavy atom. The Labute approximate surface area is 231 Å². The van der Waals surface area contributed by atoms with Crippen molar-refractivity contribution in [3.63, 3.8) is 0 Å². The molecule has 0 unspecified atom stereocenters. The second-order valence-corrected chi connectivity index (χ2v) is 9.32. The van der Waals surface area contributed by atoms with E-state index in [0.717, 1.165) is 34.1 Å². The second-order valence-electron chi connectivity index (χ2n) is 9.32. The Hall–Kier alpha value is -5.18. The summed E-state index contributed by atoms with van der Waals surface area (Å²) in [7, 11) is 1.61. The molecule has 0 amide bonds. The Balaban J connectivity index is 0.000000758. The zero-order valence-corrected chi connectivity index (χ0v) is 22.0. The van der Waals surface area contributed by atoms with Gasteiger partial charge in [-0.3, -0.25) is 0 Å². The van der Waals surface area contributed by atoms with E-state index in [-0.39, 0.29) is 0 Å². The molecule has 0 radical (unpaired) electrons. The minimum atomic E-state index is -1.83. The molecule has 3 heterocycles. The van der Waals surface area contributed by atoms with Crippen LogP contribution in [-0.4, -0.2) is 38.6 Å². The molecule has 3 N–H and O–H groups in total. The molecule has 0 bridgehead atoms. The highest BCUT2D eigenvalue weighted by Crippen LogP contribution is 2.40. The van der Waals surface area contributed by atoms with Gasteiger partial charge in [-0.15, -0.1) is 0 Å². The third kappa shape index (κ3) is 6.10. The average molecular weight is 537 g/mol. The number of methoxy groups -OCH3 is 1. The van der Waals surface area contributed by atoms with Gasteiger partial charge < -0.3 is 24.8 Å². The fourth-order valence-corrected chi connectivity index (χ4v) is 4.42. The molecule has 1 fully saturated rings. The van der Waals surface area contributed by atoms with Crippen molar-refractivity contribution >= 4 is 17.7 Å². The van der Waals surface area contributed by atoms with Crippen molar-refractivity contribution in [2.24, 2.45) is 0 Å². The molecule has 0 atom stereocenters. The van der Waals surface area contributed by atoms with Gasteiger partial charge in [-0.05, 0) is 66.6 Å². The molecule has 6 rings (SSSR count). The van der Waals surface area contributed by atoms with Gasteiger partial charge in [0, 0.05) is 11.8 Å². The first-order valence-electron chi connectivity index (χ1n) is 12.8. The molecule has 1 aliphatic rings. The van der Waals surface area contributed by atoms with Gasteiger partial charge in [-0.25, -0.2) is 14.8 Å². The van der Waals surface area contributed by atoms with Crippen LogP contribution in [-0.2, 0) is 0 Å². The van der Waals surface area contributed by atoms with E-state index < -0.39 is 6.16 Å². The Morgan fingerprint density at radius 3 is 2.23 bits per heavy atom. The monoisotopic (exact) mass is 536 g/mol. The molecule has 2 aromatic carbocycles. The van der Waals surface area contributed by atoms with Crippen molar-refractivity contribution in [1.82, 2.24) is 15.1 Å². The quantitative estimate of drug-likeness (QED) is 0.192. The summed E-state index contributed by atoms with van der Waals surface area (Å²) in [5, 5.41) is 21.6. The highest BCUT2D eigenvalue weighted by molar-refractivity contribution is 5.79. The van der Waals surface area contributed by atoms with Gasteiger partial charge >= 0.3 is 6.16 Å². The first-order valence-corrected chi connectivity index (χ1v) is 12.8. The van der Waals surface area contributed by atoms with Gasteiger partial charge in [0.2, 0.25) is 5.88 Å². The molecule has 9 heteroatoms. The summed E-state index contributed by atoms with van der Waals surface area (Å²) in [5.41, 5.74) is 7.92. The summed E-state index contributed by atoms with van der Waals surface area (Å²) in [5.74, 6) is 2.66. The molecule has 5 aromatic rings. The molecule has 0 aliphatic heterocycles. The van der Waals surface area contributed by atoms with E-state index in [4.69, 9.17) is 29.3 Å². The van der Waals surface area contributed by atoms with Crippen LogP contribution in [0.25, 0.3) is 33.7 Å². The zero-order chi connectivity index (χ0) is 28.1. The van der Waals surface area contributed by atoms with E-state index in [9.17, 15) is 0 Å². The van der Waals surface area contributed by atoms with Crippen molar-refractivity contribution < 1.29 is 24.3 Å². The second kappa shape index (κ2) is 11.7. The molecule has 3 aromatic heterocycles. The lowest BCUT2D eigenvalue weighted by Crippen LogP contribution is -1.98. The highest BCUT2D eigenvalue weighted by Gasteiger charge is 2.23. The number of hydrogen-bond acceptors (Lipinski definition) is 7. The third-order valence-electron chi connectivity index (χ3n) is 6.55. The van der Waals surface area contributed by atoms with E-state index in [1.165, 1.54) is 29.5 Å². The van der Waals surface area contributed by atoms with Crippen molar-refractivity contribution in [2.75, 3.05) is 12.4 Å². The number of nitrogens with one attached hydrogen (secondary N) is 1. The Bertz CT molecular complexity index is 1610. The summed E-state index contributed by atoms with van der Waals surface area (Å²) < 4.78 is 11.1. The normalized spacial score (nSPS) is 12.2. The number of carbonyl (C=O) groups is 1. The number of hydrogen-bond donors (Lipinski definition) is 3. The lowest BCUT2D eigenvalue weighted by molar-refractivity contribution is 0.137. The van der Waals surface area contributed by atoms with E-state index >= 15 is 0 Å². The van der Waals surface area contributed by atoms with Crippen molar-refractivity contribution in [1.29, 1.82) is 0 Å². The first kappa shape index (κ1) is 26.4. The van der Waals surface area contributed by atoms with Gasteiger partial charge in [0.25, 0.3) is 0 Å².